The number of hydrogen-bond donors (Lipinski definition) is 1. The maximum absolute atomic E-state index is 6.10. The predicted molar refractivity (Wildman–Crippen MR) is 125 cm³/mol. The zero-order valence-electron chi connectivity index (χ0n) is 16.6. The fourth-order valence-corrected chi connectivity index (χ4v) is 3.75. The Morgan fingerprint density at radius 3 is 2.47 bits per heavy atom. The van der Waals surface area contributed by atoms with Crippen molar-refractivity contribution in [2.24, 2.45) is 0 Å². The summed E-state index contributed by atoms with van der Waals surface area (Å²) in [7, 11) is 2.10. The molecule has 0 aliphatic rings. The number of halogens is 2. The minimum atomic E-state index is 0.656. The average molecular weight is 437 g/mol. The molecule has 2 heterocycles. The molecular weight excluding hydrogens is 415 g/mol. The molecule has 1 N–H and O–H groups in total. The highest BCUT2D eigenvalue weighted by Crippen LogP contribution is 2.25. The lowest BCUT2D eigenvalue weighted by atomic mass is 10.1. The largest absolute Gasteiger partial charge is 0.380 e. The van der Waals surface area contributed by atoms with Crippen molar-refractivity contribution in [3.05, 3.63) is 99.9 Å². The Morgan fingerprint density at radius 2 is 1.67 bits per heavy atom. The maximum atomic E-state index is 6.10. The molecule has 4 aromatic rings. The third-order valence-electron chi connectivity index (χ3n) is 4.95. The van der Waals surface area contributed by atoms with E-state index in [1.54, 1.807) is 12.4 Å². The molecule has 0 aliphatic carbocycles. The van der Waals surface area contributed by atoms with Crippen LogP contribution in [-0.2, 0) is 19.6 Å². The van der Waals surface area contributed by atoms with Gasteiger partial charge in [0.1, 0.15) is 0 Å². The van der Waals surface area contributed by atoms with Crippen LogP contribution in [0.4, 0.5) is 5.69 Å². The molecule has 0 saturated heterocycles. The van der Waals surface area contributed by atoms with Crippen molar-refractivity contribution >= 4 is 39.8 Å². The second-order valence-electron chi connectivity index (χ2n) is 7.28. The molecule has 2 aromatic heterocycles. The van der Waals surface area contributed by atoms with Gasteiger partial charge in [0, 0.05) is 48.1 Å². The monoisotopic (exact) mass is 436 g/mol. The van der Waals surface area contributed by atoms with Crippen molar-refractivity contribution in [1.29, 1.82) is 0 Å². The molecule has 30 heavy (non-hydrogen) atoms. The van der Waals surface area contributed by atoms with Crippen molar-refractivity contribution in [1.82, 2.24) is 14.9 Å². The van der Waals surface area contributed by atoms with Crippen LogP contribution >= 0.6 is 23.2 Å². The van der Waals surface area contributed by atoms with Gasteiger partial charge in [-0.1, -0.05) is 47.5 Å². The predicted octanol–water partition coefficient (Wildman–Crippen LogP) is 6.18. The van der Waals surface area contributed by atoms with Gasteiger partial charge in [-0.05, 0) is 54.6 Å². The van der Waals surface area contributed by atoms with Crippen molar-refractivity contribution in [3.8, 4) is 0 Å². The van der Waals surface area contributed by atoms with Gasteiger partial charge in [0.25, 0.3) is 0 Å². The normalized spacial score (nSPS) is 11.2. The van der Waals surface area contributed by atoms with E-state index < -0.39 is 0 Å². The van der Waals surface area contributed by atoms with Crippen LogP contribution in [0.1, 0.15) is 16.8 Å². The summed E-state index contributed by atoms with van der Waals surface area (Å²) in [6.45, 7) is 2.31. The number of nitrogens with zero attached hydrogens (tertiary/aromatic N) is 3. The molecule has 0 spiro atoms. The van der Waals surface area contributed by atoms with Gasteiger partial charge in [-0.15, -0.1) is 0 Å². The summed E-state index contributed by atoms with van der Waals surface area (Å²) >= 11 is 12.0. The quantitative estimate of drug-likeness (QED) is 0.375. The summed E-state index contributed by atoms with van der Waals surface area (Å²) in [4.78, 5) is 11.1. The number of benzene rings is 2. The number of aromatic nitrogens is 2. The van der Waals surface area contributed by atoms with Crippen LogP contribution in [0, 0.1) is 0 Å². The van der Waals surface area contributed by atoms with E-state index >= 15 is 0 Å². The van der Waals surface area contributed by atoms with E-state index in [9.17, 15) is 0 Å². The zero-order chi connectivity index (χ0) is 20.9. The molecule has 0 saturated carbocycles. The molecule has 0 radical (unpaired) electrons. The molecule has 4 nitrogen and oxygen atoms in total. The van der Waals surface area contributed by atoms with Crippen molar-refractivity contribution in [3.63, 3.8) is 0 Å². The Kier molecular flexibility index (Phi) is 6.48. The first kappa shape index (κ1) is 20.6. The zero-order valence-corrected chi connectivity index (χ0v) is 18.2. The lowest BCUT2D eigenvalue weighted by molar-refractivity contribution is 0.314. The molecule has 0 aliphatic heterocycles. The molecule has 0 atom stereocenters. The number of rotatable bonds is 7. The lowest BCUT2D eigenvalue weighted by Crippen LogP contribution is -2.19. The SMILES string of the molecule is CN(Cc1ccc(Cl)cn1)Cc1ccccc1CNc1ccnc2cc(Cl)ccc12. The highest BCUT2D eigenvalue weighted by molar-refractivity contribution is 6.31. The average Bonchev–Trinajstić information content (AvgIpc) is 2.74. The number of fused-ring (bicyclic) bond motifs is 1. The molecule has 0 fully saturated rings. The minimum absolute atomic E-state index is 0.656. The van der Waals surface area contributed by atoms with Crippen LogP contribution in [0.25, 0.3) is 10.9 Å². The third kappa shape index (κ3) is 5.08. The topological polar surface area (TPSA) is 41.1 Å². The Morgan fingerprint density at radius 1 is 0.867 bits per heavy atom. The summed E-state index contributed by atoms with van der Waals surface area (Å²) in [6, 6.07) is 20.1. The van der Waals surface area contributed by atoms with Gasteiger partial charge in [-0.3, -0.25) is 14.9 Å². The molecule has 6 heteroatoms. The third-order valence-corrected chi connectivity index (χ3v) is 5.41. The van der Waals surface area contributed by atoms with Gasteiger partial charge in [-0.25, -0.2) is 0 Å². The summed E-state index contributed by atoms with van der Waals surface area (Å²) in [5, 5.41) is 5.97. The molecular formula is C24H22Cl2N4. The first-order chi connectivity index (χ1) is 14.6. The van der Waals surface area contributed by atoms with Crippen LogP contribution in [0.3, 0.4) is 0 Å². The van der Waals surface area contributed by atoms with Gasteiger partial charge in [-0.2, -0.15) is 0 Å². The van der Waals surface area contributed by atoms with E-state index in [1.165, 1.54) is 11.1 Å². The summed E-state index contributed by atoms with van der Waals surface area (Å²) in [6.07, 6.45) is 3.49. The molecule has 0 amide bonds. The fourth-order valence-electron chi connectivity index (χ4n) is 3.47. The number of nitrogens with one attached hydrogen (secondary N) is 1. The van der Waals surface area contributed by atoms with Crippen LogP contribution < -0.4 is 5.32 Å². The van der Waals surface area contributed by atoms with E-state index in [0.717, 1.165) is 41.9 Å². The minimum Gasteiger partial charge on any atom is -0.380 e. The second kappa shape index (κ2) is 9.43. The van der Waals surface area contributed by atoms with Gasteiger partial charge in [0.2, 0.25) is 0 Å². The summed E-state index contributed by atoms with van der Waals surface area (Å²) in [5.74, 6) is 0. The van der Waals surface area contributed by atoms with Crippen LogP contribution in [0.15, 0.2) is 73.1 Å². The fraction of sp³-hybridized carbons (Fsp3) is 0.167. The molecule has 0 unspecified atom stereocenters. The standard InChI is InChI=1S/C24H22Cl2N4/c1-30(16-21-8-6-20(26)14-28-21)15-18-5-3-2-4-17(18)13-29-23-10-11-27-24-12-19(25)7-9-22(23)24/h2-12,14H,13,15-16H2,1H3,(H,27,29). The van der Waals surface area contributed by atoms with E-state index in [0.29, 0.717) is 10.0 Å². The molecule has 2 aromatic carbocycles. The Hall–Kier alpha value is -2.66. The first-order valence-corrected chi connectivity index (χ1v) is 10.5. The maximum Gasteiger partial charge on any atom is 0.0737 e. The van der Waals surface area contributed by atoms with E-state index in [2.05, 4.69) is 51.5 Å². The van der Waals surface area contributed by atoms with Gasteiger partial charge in [0.15, 0.2) is 0 Å². The van der Waals surface area contributed by atoms with Crippen molar-refractivity contribution in [2.45, 2.75) is 19.6 Å². The summed E-state index contributed by atoms with van der Waals surface area (Å²) in [5.41, 5.74) is 5.47. The Labute approximate surface area is 186 Å². The van der Waals surface area contributed by atoms with E-state index in [4.69, 9.17) is 23.2 Å². The second-order valence-corrected chi connectivity index (χ2v) is 8.16. The van der Waals surface area contributed by atoms with Gasteiger partial charge >= 0.3 is 0 Å². The first-order valence-electron chi connectivity index (χ1n) is 9.72. The molecule has 152 valence electrons. The van der Waals surface area contributed by atoms with Gasteiger partial charge in [0.05, 0.1) is 16.2 Å². The Balaban J connectivity index is 1.46. The summed E-state index contributed by atoms with van der Waals surface area (Å²) < 4.78 is 0. The van der Waals surface area contributed by atoms with Gasteiger partial charge < -0.3 is 5.32 Å². The van der Waals surface area contributed by atoms with Crippen molar-refractivity contribution < 1.29 is 0 Å². The van der Waals surface area contributed by atoms with Crippen LogP contribution in [-0.4, -0.2) is 21.9 Å². The number of pyridine rings is 2. The van der Waals surface area contributed by atoms with E-state index in [-0.39, 0.29) is 0 Å². The molecule has 0 bridgehead atoms. The highest BCUT2D eigenvalue weighted by Gasteiger charge is 2.08. The highest BCUT2D eigenvalue weighted by atomic mass is 35.5. The van der Waals surface area contributed by atoms with Crippen molar-refractivity contribution in [2.75, 3.05) is 12.4 Å². The van der Waals surface area contributed by atoms with Crippen LogP contribution in [0.2, 0.25) is 10.0 Å². The number of hydrogen-bond acceptors (Lipinski definition) is 4. The smallest absolute Gasteiger partial charge is 0.0737 e. The van der Waals surface area contributed by atoms with Crippen LogP contribution in [0.5, 0.6) is 0 Å². The Bertz CT molecular complexity index is 1150. The van der Waals surface area contributed by atoms with E-state index in [1.807, 2.05) is 36.4 Å². The lowest BCUT2D eigenvalue weighted by Gasteiger charge is -2.19. The molecule has 4 rings (SSSR count). The number of anilines is 1.